The summed E-state index contributed by atoms with van der Waals surface area (Å²) in [5.74, 6) is 2.04. The Hall–Kier alpha value is -5.49. The van der Waals surface area contributed by atoms with Crippen molar-refractivity contribution in [3.63, 3.8) is 0 Å². The predicted molar refractivity (Wildman–Crippen MR) is 197 cm³/mol. The van der Waals surface area contributed by atoms with E-state index in [2.05, 4.69) is 121 Å². The molecule has 0 atom stereocenters. The van der Waals surface area contributed by atoms with Gasteiger partial charge in [-0.05, 0) is 51.9 Å². The lowest BCUT2D eigenvalue weighted by Gasteiger charge is -2.11. The minimum absolute atomic E-state index is 0.671. The van der Waals surface area contributed by atoms with Crippen molar-refractivity contribution >= 4 is 84.6 Å². The number of thiophene rings is 2. The van der Waals surface area contributed by atoms with Crippen LogP contribution in [0.3, 0.4) is 0 Å². The summed E-state index contributed by atoms with van der Waals surface area (Å²) in [7, 11) is 0. The van der Waals surface area contributed by atoms with E-state index < -0.39 is 0 Å². The summed E-state index contributed by atoms with van der Waals surface area (Å²) in [5, 5.41) is 9.87. The van der Waals surface area contributed by atoms with Crippen molar-refractivity contribution in [3.05, 3.63) is 140 Å². The molecule has 10 aromatic rings. The summed E-state index contributed by atoms with van der Waals surface area (Å²) in [6.07, 6.45) is 0. The van der Waals surface area contributed by atoms with E-state index in [9.17, 15) is 0 Å². The van der Waals surface area contributed by atoms with Crippen molar-refractivity contribution in [2.75, 3.05) is 0 Å². The monoisotopic (exact) mass is 621 g/mol. The lowest BCUT2D eigenvalue weighted by Crippen LogP contribution is -2.00. The molecule has 0 saturated carbocycles. The topological polar surface area (TPSA) is 38.7 Å². The highest BCUT2D eigenvalue weighted by molar-refractivity contribution is 7.26. The van der Waals surface area contributed by atoms with Gasteiger partial charge in [-0.3, -0.25) is 0 Å². The van der Waals surface area contributed by atoms with Gasteiger partial charge in [0.15, 0.2) is 17.5 Å². The number of rotatable bonds is 3. The molecule has 3 nitrogen and oxygen atoms in total. The number of nitrogens with zero attached hydrogens (tertiary/aromatic N) is 3. The van der Waals surface area contributed by atoms with Crippen LogP contribution in [0.2, 0.25) is 0 Å². The first-order chi connectivity index (χ1) is 22.8. The minimum atomic E-state index is 0.671. The quantitative estimate of drug-likeness (QED) is 0.184. The molecule has 0 spiro atoms. The van der Waals surface area contributed by atoms with Crippen molar-refractivity contribution in [1.82, 2.24) is 15.0 Å². The SMILES string of the molecule is c1ccc(-c2nc(-c3cccc4sc5ccccc5c34)nc(-c3cccc4sc5cc6ccc7ccccc7c6cc5c34)n2)cc1. The molecule has 0 aliphatic heterocycles. The number of fused-ring (bicyclic) bond motifs is 9. The molecule has 7 aromatic carbocycles. The van der Waals surface area contributed by atoms with Crippen molar-refractivity contribution in [1.29, 1.82) is 0 Å². The first-order valence-corrected chi connectivity index (χ1v) is 16.9. The van der Waals surface area contributed by atoms with Gasteiger partial charge in [0.2, 0.25) is 0 Å². The van der Waals surface area contributed by atoms with Crippen LogP contribution in [0.15, 0.2) is 140 Å². The van der Waals surface area contributed by atoms with Gasteiger partial charge in [0.25, 0.3) is 0 Å². The van der Waals surface area contributed by atoms with Gasteiger partial charge < -0.3 is 0 Å². The van der Waals surface area contributed by atoms with Crippen LogP contribution in [0.4, 0.5) is 0 Å². The normalized spacial score (nSPS) is 11.9. The fraction of sp³-hybridized carbons (Fsp3) is 0. The summed E-state index contributed by atoms with van der Waals surface area (Å²) in [6.45, 7) is 0. The van der Waals surface area contributed by atoms with Gasteiger partial charge in [-0.15, -0.1) is 22.7 Å². The van der Waals surface area contributed by atoms with Crippen LogP contribution >= 0.6 is 22.7 Å². The van der Waals surface area contributed by atoms with Crippen LogP contribution in [0.5, 0.6) is 0 Å². The molecular weight excluding hydrogens is 599 g/mol. The van der Waals surface area contributed by atoms with Crippen molar-refractivity contribution in [3.8, 4) is 34.2 Å². The van der Waals surface area contributed by atoms with E-state index in [0.29, 0.717) is 17.5 Å². The second-order valence-corrected chi connectivity index (χ2v) is 13.8. The molecule has 0 radical (unpaired) electrons. The Kier molecular flexibility index (Phi) is 5.61. The summed E-state index contributed by atoms with van der Waals surface area (Å²) >= 11 is 3.63. The Balaban J connectivity index is 1.28. The van der Waals surface area contributed by atoms with Crippen LogP contribution in [-0.2, 0) is 0 Å². The minimum Gasteiger partial charge on any atom is -0.208 e. The van der Waals surface area contributed by atoms with E-state index in [-0.39, 0.29) is 0 Å². The Bertz CT molecular complexity index is 2810. The molecule has 10 rings (SSSR count). The lowest BCUT2D eigenvalue weighted by atomic mass is 9.98. The highest BCUT2D eigenvalue weighted by atomic mass is 32.1. The molecule has 3 heterocycles. The standard InChI is InChI=1S/C41H23N3S2/c1-2-11-25(12-3-1)39-42-40(29-15-8-18-34-37(29)28-14-6-7-17-33(28)45-34)44-41(43-39)30-16-9-19-35-38(30)32-23-31-26(22-36(32)46-35)21-20-24-10-4-5-13-27(24)31/h1-23H. The van der Waals surface area contributed by atoms with Gasteiger partial charge in [-0.25, -0.2) is 15.0 Å². The molecule has 0 unspecified atom stereocenters. The van der Waals surface area contributed by atoms with Crippen molar-refractivity contribution < 1.29 is 0 Å². The Morgan fingerprint density at radius 1 is 0.348 bits per heavy atom. The van der Waals surface area contributed by atoms with E-state index in [1.807, 2.05) is 40.9 Å². The zero-order valence-electron chi connectivity index (χ0n) is 24.4. The number of benzene rings is 7. The van der Waals surface area contributed by atoms with Crippen molar-refractivity contribution in [2.45, 2.75) is 0 Å². The van der Waals surface area contributed by atoms with Gasteiger partial charge in [0.1, 0.15) is 0 Å². The third-order valence-corrected chi connectivity index (χ3v) is 11.2. The maximum Gasteiger partial charge on any atom is 0.164 e. The molecule has 0 fully saturated rings. The zero-order valence-corrected chi connectivity index (χ0v) is 26.1. The molecule has 214 valence electrons. The van der Waals surface area contributed by atoms with Crippen LogP contribution in [-0.4, -0.2) is 15.0 Å². The molecule has 0 amide bonds. The molecule has 46 heavy (non-hydrogen) atoms. The summed E-state index contributed by atoms with van der Waals surface area (Å²) in [6, 6.07) is 49.6. The first-order valence-electron chi connectivity index (χ1n) is 15.3. The summed E-state index contributed by atoms with van der Waals surface area (Å²) in [5.41, 5.74) is 3.01. The molecule has 0 aliphatic carbocycles. The lowest BCUT2D eigenvalue weighted by molar-refractivity contribution is 1.08. The van der Waals surface area contributed by atoms with Crippen LogP contribution in [0, 0.1) is 0 Å². The van der Waals surface area contributed by atoms with Crippen LogP contribution in [0.1, 0.15) is 0 Å². The molecule has 3 aromatic heterocycles. The van der Waals surface area contributed by atoms with Gasteiger partial charge in [-0.1, -0.05) is 109 Å². The van der Waals surface area contributed by atoms with Gasteiger partial charge in [0, 0.05) is 57.0 Å². The second kappa shape index (κ2) is 10.0. The second-order valence-electron chi connectivity index (χ2n) is 11.6. The summed E-state index contributed by atoms with van der Waals surface area (Å²) in [4.78, 5) is 15.6. The van der Waals surface area contributed by atoms with E-state index >= 15 is 0 Å². The maximum atomic E-state index is 5.27. The highest BCUT2D eigenvalue weighted by Crippen LogP contribution is 2.43. The van der Waals surface area contributed by atoms with Crippen LogP contribution in [0.25, 0.3) is 96.1 Å². The Morgan fingerprint density at radius 3 is 1.72 bits per heavy atom. The Labute approximate surface area is 272 Å². The third kappa shape index (κ3) is 3.92. The van der Waals surface area contributed by atoms with Gasteiger partial charge in [-0.2, -0.15) is 0 Å². The average molecular weight is 622 g/mol. The number of hydrogen-bond donors (Lipinski definition) is 0. The molecule has 0 aliphatic rings. The van der Waals surface area contributed by atoms with Crippen molar-refractivity contribution in [2.24, 2.45) is 0 Å². The zero-order chi connectivity index (χ0) is 30.2. The third-order valence-electron chi connectivity index (χ3n) is 8.91. The van der Waals surface area contributed by atoms with E-state index in [1.54, 1.807) is 0 Å². The van der Waals surface area contributed by atoms with E-state index in [0.717, 1.165) is 16.7 Å². The Morgan fingerprint density at radius 2 is 0.935 bits per heavy atom. The van der Waals surface area contributed by atoms with Gasteiger partial charge in [0.05, 0.1) is 0 Å². The maximum absolute atomic E-state index is 5.27. The fourth-order valence-electron chi connectivity index (χ4n) is 6.81. The predicted octanol–water partition coefficient (Wildman–Crippen LogP) is 11.9. The molecular formula is C41H23N3S2. The molecule has 0 saturated heterocycles. The fourth-order valence-corrected chi connectivity index (χ4v) is 9.10. The van der Waals surface area contributed by atoms with E-state index in [4.69, 9.17) is 15.0 Å². The van der Waals surface area contributed by atoms with E-state index in [1.165, 1.54) is 61.9 Å². The largest absolute Gasteiger partial charge is 0.208 e. The smallest absolute Gasteiger partial charge is 0.164 e. The molecule has 5 heteroatoms. The molecule has 0 N–H and O–H groups in total. The average Bonchev–Trinajstić information content (AvgIpc) is 3.69. The highest BCUT2D eigenvalue weighted by Gasteiger charge is 2.19. The first kappa shape index (κ1) is 25.8. The van der Waals surface area contributed by atoms with Gasteiger partial charge >= 0.3 is 0 Å². The summed E-state index contributed by atoms with van der Waals surface area (Å²) < 4.78 is 4.97. The van der Waals surface area contributed by atoms with Crippen LogP contribution < -0.4 is 0 Å². The molecule has 0 bridgehead atoms. The number of aromatic nitrogens is 3. The number of hydrogen-bond acceptors (Lipinski definition) is 5.